The fraction of sp³-hybridized carbons (Fsp3) is 0.333. The molecule has 0 radical (unpaired) electrons. The number of aliphatic hydroxyl groups excluding tert-OH is 2. The highest BCUT2D eigenvalue weighted by atomic mass is 32.2. The van der Waals surface area contributed by atoms with Crippen LogP contribution in [0.15, 0.2) is 18.2 Å². The molecule has 1 aromatic carbocycles. The van der Waals surface area contributed by atoms with E-state index in [-0.39, 0.29) is 19.0 Å². The number of hydrogen-bond donors (Lipinski definition) is 2. The van der Waals surface area contributed by atoms with Crippen LogP contribution in [0.1, 0.15) is 11.1 Å². The molecule has 0 atom stereocenters. The highest BCUT2D eigenvalue weighted by Gasteiger charge is 2.07. The van der Waals surface area contributed by atoms with Gasteiger partial charge in [0, 0.05) is 0 Å². The Morgan fingerprint density at radius 2 is 1.80 bits per heavy atom. The van der Waals surface area contributed by atoms with Crippen LogP contribution in [-0.4, -0.2) is 24.9 Å². The third kappa shape index (κ3) is 3.50. The molecule has 0 fully saturated rings. The quantitative estimate of drug-likeness (QED) is 0.714. The molecule has 2 N–H and O–H groups in total. The molecule has 0 heterocycles. The molecular formula is C9H12O5S. The van der Waals surface area contributed by atoms with Crippen LogP contribution < -0.4 is 4.18 Å². The number of rotatable bonds is 4. The van der Waals surface area contributed by atoms with Gasteiger partial charge >= 0.3 is 10.1 Å². The zero-order chi connectivity index (χ0) is 11.5. The standard InChI is InChI=1S/C9H12O5S/c1-15(12,13)14-9-3-2-7(5-10)8(4-9)6-11/h2-4,10-11H,5-6H2,1H3. The fourth-order valence-electron chi connectivity index (χ4n) is 1.13. The van der Waals surface area contributed by atoms with E-state index in [0.29, 0.717) is 11.1 Å². The fourth-order valence-corrected chi connectivity index (χ4v) is 1.58. The SMILES string of the molecule is CS(=O)(=O)Oc1ccc(CO)c(CO)c1. The van der Waals surface area contributed by atoms with Crippen molar-refractivity contribution in [3.05, 3.63) is 29.3 Å². The van der Waals surface area contributed by atoms with E-state index in [0.717, 1.165) is 6.26 Å². The lowest BCUT2D eigenvalue weighted by atomic mass is 10.1. The van der Waals surface area contributed by atoms with Gasteiger partial charge in [0.05, 0.1) is 19.5 Å². The Hall–Kier alpha value is -1.11. The molecule has 0 aliphatic rings. The first-order valence-corrected chi connectivity index (χ1v) is 6.01. The van der Waals surface area contributed by atoms with Crippen LogP contribution in [0, 0.1) is 0 Å². The van der Waals surface area contributed by atoms with E-state index in [4.69, 9.17) is 10.2 Å². The van der Waals surface area contributed by atoms with Crippen LogP contribution >= 0.6 is 0 Å². The monoisotopic (exact) mass is 232 g/mol. The second kappa shape index (κ2) is 4.61. The topological polar surface area (TPSA) is 83.8 Å². The van der Waals surface area contributed by atoms with Gasteiger partial charge in [0.2, 0.25) is 0 Å². The third-order valence-electron chi connectivity index (χ3n) is 1.77. The Morgan fingerprint density at radius 3 is 2.27 bits per heavy atom. The van der Waals surface area contributed by atoms with Gasteiger partial charge in [-0.1, -0.05) is 6.07 Å². The van der Waals surface area contributed by atoms with Gasteiger partial charge in [-0.25, -0.2) is 0 Å². The van der Waals surface area contributed by atoms with Crippen molar-refractivity contribution < 1.29 is 22.8 Å². The van der Waals surface area contributed by atoms with Crippen molar-refractivity contribution in [2.24, 2.45) is 0 Å². The Bertz CT molecular complexity index is 438. The maximum Gasteiger partial charge on any atom is 0.306 e. The molecule has 0 saturated heterocycles. The first-order valence-electron chi connectivity index (χ1n) is 4.19. The van der Waals surface area contributed by atoms with E-state index in [1.165, 1.54) is 18.2 Å². The Kier molecular flexibility index (Phi) is 3.67. The van der Waals surface area contributed by atoms with Crippen LogP contribution in [0.4, 0.5) is 0 Å². The molecule has 0 aromatic heterocycles. The second-order valence-corrected chi connectivity index (χ2v) is 4.61. The first kappa shape index (κ1) is 12.0. The molecule has 0 bridgehead atoms. The highest BCUT2D eigenvalue weighted by Crippen LogP contribution is 2.19. The molecule has 0 saturated carbocycles. The Balaban J connectivity index is 3.03. The minimum Gasteiger partial charge on any atom is -0.392 e. The molecule has 15 heavy (non-hydrogen) atoms. The Labute approximate surface area is 88.1 Å². The summed E-state index contributed by atoms with van der Waals surface area (Å²) in [7, 11) is -3.57. The molecule has 84 valence electrons. The summed E-state index contributed by atoms with van der Waals surface area (Å²) < 4.78 is 26.3. The maximum atomic E-state index is 10.8. The van der Waals surface area contributed by atoms with E-state index in [1.54, 1.807) is 0 Å². The van der Waals surface area contributed by atoms with Gasteiger partial charge in [-0.2, -0.15) is 8.42 Å². The van der Waals surface area contributed by atoms with Crippen LogP contribution in [-0.2, 0) is 23.3 Å². The molecule has 6 heteroatoms. The molecule has 0 unspecified atom stereocenters. The second-order valence-electron chi connectivity index (χ2n) is 3.03. The lowest BCUT2D eigenvalue weighted by Gasteiger charge is -2.07. The van der Waals surface area contributed by atoms with Crippen molar-refractivity contribution in [1.82, 2.24) is 0 Å². The number of hydrogen-bond acceptors (Lipinski definition) is 5. The van der Waals surface area contributed by atoms with Crippen LogP contribution in [0.25, 0.3) is 0 Å². The van der Waals surface area contributed by atoms with Crippen molar-refractivity contribution in [3.8, 4) is 5.75 Å². The zero-order valence-corrected chi connectivity index (χ0v) is 8.99. The third-order valence-corrected chi connectivity index (χ3v) is 2.26. The lowest BCUT2D eigenvalue weighted by Crippen LogP contribution is -2.06. The van der Waals surface area contributed by atoms with Gasteiger partial charge in [-0.05, 0) is 23.3 Å². The maximum absolute atomic E-state index is 10.8. The van der Waals surface area contributed by atoms with Gasteiger partial charge in [0.1, 0.15) is 5.75 Å². The van der Waals surface area contributed by atoms with E-state index in [2.05, 4.69) is 4.18 Å². The molecule has 0 amide bonds. The van der Waals surface area contributed by atoms with Crippen LogP contribution in [0.5, 0.6) is 5.75 Å². The van der Waals surface area contributed by atoms with E-state index < -0.39 is 10.1 Å². The Morgan fingerprint density at radius 1 is 1.20 bits per heavy atom. The van der Waals surface area contributed by atoms with Gasteiger partial charge in [0.15, 0.2) is 0 Å². The summed E-state index contributed by atoms with van der Waals surface area (Å²) >= 11 is 0. The molecule has 0 aliphatic heterocycles. The van der Waals surface area contributed by atoms with Crippen molar-refractivity contribution in [3.63, 3.8) is 0 Å². The summed E-state index contributed by atoms with van der Waals surface area (Å²) in [6, 6.07) is 4.31. The highest BCUT2D eigenvalue weighted by molar-refractivity contribution is 7.86. The van der Waals surface area contributed by atoms with E-state index in [1.807, 2.05) is 0 Å². The van der Waals surface area contributed by atoms with Gasteiger partial charge in [-0.15, -0.1) is 0 Å². The molecule has 1 aromatic rings. The molecule has 0 spiro atoms. The smallest absolute Gasteiger partial charge is 0.306 e. The zero-order valence-electron chi connectivity index (χ0n) is 8.17. The summed E-state index contributed by atoms with van der Waals surface area (Å²) in [4.78, 5) is 0. The minimum absolute atomic E-state index is 0.124. The summed E-state index contributed by atoms with van der Waals surface area (Å²) in [5.41, 5.74) is 0.983. The molecule has 0 aliphatic carbocycles. The van der Waals surface area contributed by atoms with E-state index in [9.17, 15) is 8.42 Å². The predicted octanol–water partition coefficient (Wildman–Crippen LogP) is 0.00960. The normalized spacial score (nSPS) is 11.4. The average Bonchev–Trinajstić information content (AvgIpc) is 2.15. The summed E-state index contributed by atoms with van der Waals surface area (Å²) in [6.45, 7) is -0.494. The summed E-state index contributed by atoms with van der Waals surface area (Å²) in [6.07, 6.45) is 0.936. The minimum atomic E-state index is -3.57. The van der Waals surface area contributed by atoms with Gasteiger partial charge < -0.3 is 14.4 Å². The largest absolute Gasteiger partial charge is 0.392 e. The van der Waals surface area contributed by atoms with Gasteiger partial charge in [-0.3, -0.25) is 0 Å². The molecule has 5 nitrogen and oxygen atoms in total. The van der Waals surface area contributed by atoms with E-state index >= 15 is 0 Å². The van der Waals surface area contributed by atoms with Crippen molar-refractivity contribution in [2.45, 2.75) is 13.2 Å². The van der Waals surface area contributed by atoms with Crippen molar-refractivity contribution in [2.75, 3.05) is 6.26 Å². The van der Waals surface area contributed by atoms with Crippen molar-refractivity contribution >= 4 is 10.1 Å². The van der Waals surface area contributed by atoms with Crippen LogP contribution in [0.3, 0.4) is 0 Å². The average molecular weight is 232 g/mol. The molecule has 1 rings (SSSR count). The van der Waals surface area contributed by atoms with Gasteiger partial charge in [0.25, 0.3) is 0 Å². The summed E-state index contributed by atoms with van der Waals surface area (Å²) in [5, 5.41) is 17.9. The first-order chi connectivity index (χ1) is 6.96. The van der Waals surface area contributed by atoms with Crippen LogP contribution in [0.2, 0.25) is 0 Å². The number of benzene rings is 1. The predicted molar refractivity (Wildman–Crippen MR) is 53.8 cm³/mol. The van der Waals surface area contributed by atoms with Crippen molar-refractivity contribution in [1.29, 1.82) is 0 Å². The summed E-state index contributed by atoms with van der Waals surface area (Å²) in [5.74, 6) is 0.124. The number of aliphatic hydroxyl groups is 2. The molecular weight excluding hydrogens is 220 g/mol. The lowest BCUT2D eigenvalue weighted by molar-refractivity contribution is 0.259.